The van der Waals surface area contributed by atoms with Crippen LogP contribution in [0, 0.1) is 0 Å². The molecule has 0 aromatic heterocycles. The van der Waals surface area contributed by atoms with Crippen molar-refractivity contribution in [3.63, 3.8) is 0 Å². The summed E-state index contributed by atoms with van der Waals surface area (Å²) in [5.74, 6) is 1.74. The molecule has 0 bridgehead atoms. The molecular formula is C37H58O4. The van der Waals surface area contributed by atoms with Gasteiger partial charge in [0, 0.05) is 12.8 Å². The van der Waals surface area contributed by atoms with E-state index in [4.69, 9.17) is 18.9 Å². The van der Waals surface area contributed by atoms with Crippen LogP contribution in [0.3, 0.4) is 0 Å². The van der Waals surface area contributed by atoms with Crippen LogP contribution in [-0.2, 0) is 9.47 Å². The average molecular weight is 567 g/mol. The molecule has 0 radical (unpaired) electrons. The lowest BCUT2D eigenvalue weighted by molar-refractivity contribution is -0.0866. The maximum Gasteiger partial charge on any atom is 0.199 e. The molecule has 0 saturated heterocycles. The zero-order valence-corrected chi connectivity index (χ0v) is 26.6. The van der Waals surface area contributed by atoms with Crippen molar-refractivity contribution >= 4 is 12.2 Å². The van der Waals surface area contributed by atoms with Crippen LogP contribution in [0.2, 0.25) is 0 Å². The van der Waals surface area contributed by atoms with E-state index in [2.05, 4.69) is 40.9 Å². The van der Waals surface area contributed by atoms with Gasteiger partial charge in [-0.15, -0.1) is 0 Å². The summed E-state index contributed by atoms with van der Waals surface area (Å²) >= 11 is 0. The predicted octanol–water partition coefficient (Wildman–Crippen LogP) is 11.3. The minimum atomic E-state index is -0.124. The number of hydrogen-bond donors (Lipinski definition) is 0. The molecule has 0 aliphatic carbocycles. The van der Waals surface area contributed by atoms with Crippen molar-refractivity contribution in [2.24, 2.45) is 0 Å². The van der Waals surface area contributed by atoms with Crippen LogP contribution in [0.4, 0.5) is 0 Å². The Bertz CT molecular complexity index is 875. The first-order chi connectivity index (χ1) is 20.1. The molecule has 0 aliphatic rings. The maximum absolute atomic E-state index is 5.97. The Kier molecular flexibility index (Phi) is 22.4. The number of benzene rings is 2. The highest BCUT2D eigenvalue weighted by Crippen LogP contribution is 2.19. The minimum Gasteiger partial charge on any atom is -0.465 e. The molecule has 0 aliphatic heterocycles. The van der Waals surface area contributed by atoms with Crippen molar-refractivity contribution < 1.29 is 18.9 Å². The lowest BCUT2D eigenvalue weighted by atomic mass is 10.2. The van der Waals surface area contributed by atoms with Gasteiger partial charge in [0.25, 0.3) is 0 Å². The number of ether oxygens (including phenoxy) is 4. The number of hydrogen-bond acceptors (Lipinski definition) is 4. The lowest BCUT2D eigenvalue weighted by Gasteiger charge is -2.19. The summed E-state index contributed by atoms with van der Waals surface area (Å²) in [6, 6.07) is 16.0. The monoisotopic (exact) mass is 566 g/mol. The molecule has 0 spiro atoms. The van der Waals surface area contributed by atoms with Crippen molar-refractivity contribution in [3.8, 4) is 11.5 Å². The van der Waals surface area contributed by atoms with Gasteiger partial charge in [-0.2, -0.15) is 0 Å². The van der Waals surface area contributed by atoms with Crippen LogP contribution in [0.1, 0.15) is 122 Å². The predicted molar refractivity (Wildman–Crippen MR) is 177 cm³/mol. The smallest absolute Gasteiger partial charge is 0.199 e. The SMILES string of the molecule is C=Cc1ccc(OC(CCCC)OCCCCC)cc1.C=Cc1ccc(OC(CCCC)OCCCCCC)cc1. The van der Waals surface area contributed by atoms with Crippen LogP contribution in [0.15, 0.2) is 61.7 Å². The molecule has 4 nitrogen and oxygen atoms in total. The first-order valence-electron chi connectivity index (χ1n) is 16.1. The summed E-state index contributed by atoms with van der Waals surface area (Å²) in [5, 5.41) is 0. The molecule has 2 aromatic rings. The zero-order chi connectivity index (χ0) is 30.0. The minimum absolute atomic E-state index is 0.124. The second kappa shape index (κ2) is 25.2. The summed E-state index contributed by atoms with van der Waals surface area (Å²) in [6.07, 6.45) is 18.3. The van der Waals surface area contributed by atoms with Crippen molar-refractivity contribution in [1.29, 1.82) is 0 Å². The van der Waals surface area contributed by atoms with E-state index >= 15 is 0 Å². The largest absolute Gasteiger partial charge is 0.465 e. The van der Waals surface area contributed by atoms with Crippen LogP contribution in [0.25, 0.3) is 12.2 Å². The summed E-state index contributed by atoms with van der Waals surface area (Å²) < 4.78 is 23.7. The Morgan fingerprint density at radius 2 is 0.878 bits per heavy atom. The van der Waals surface area contributed by atoms with E-state index in [-0.39, 0.29) is 12.6 Å². The highest BCUT2D eigenvalue weighted by molar-refractivity contribution is 5.48. The standard InChI is InChI=1S/C19H30O2.C18H28O2/c1-4-7-9-10-16-20-19(11-8-5-2)21-18-14-12-17(6-3)13-15-18;1-4-7-9-15-19-18(10-8-5-2)20-17-13-11-16(6-3)12-14-17/h6,12-15,19H,3-5,7-11,16H2,1-2H3;6,11-14,18H,3-5,7-10,15H2,1-2H3. The van der Waals surface area contributed by atoms with Gasteiger partial charge in [0.15, 0.2) is 12.6 Å². The third-order valence-corrected chi connectivity index (χ3v) is 6.71. The Balaban J connectivity index is 0.000000410. The summed E-state index contributed by atoms with van der Waals surface area (Å²) in [4.78, 5) is 0. The molecule has 2 rings (SSSR count). The Labute approximate surface area is 252 Å². The van der Waals surface area contributed by atoms with Crippen molar-refractivity contribution in [2.75, 3.05) is 13.2 Å². The fourth-order valence-electron chi connectivity index (χ4n) is 4.07. The summed E-state index contributed by atoms with van der Waals surface area (Å²) in [7, 11) is 0. The maximum atomic E-state index is 5.97. The first kappa shape index (κ1) is 36.5. The molecule has 0 amide bonds. The van der Waals surface area contributed by atoms with E-state index in [1.54, 1.807) is 0 Å². The third-order valence-electron chi connectivity index (χ3n) is 6.71. The summed E-state index contributed by atoms with van der Waals surface area (Å²) in [6.45, 7) is 17.9. The number of unbranched alkanes of at least 4 members (excludes halogenated alkanes) is 7. The van der Waals surface area contributed by atoms with E-state index in [1.807, 2.05) is 60.7 Å². The van der Waals surface area contributed by atoms with E-state index in [0.717, 1.165) is 87.2 Å². The van der Waals surface area contributed by atoms with Crippen LogP contribution in [0.5, 0.6) is 11.5 Å². The van der Waals surface area contributed by atoms with Crippen molar-refractivity contribution in [1.82, 2.24) is 0 Å². The molecule has 0 heterocycles. The van der Waals surface area contributed by atoms with Crippen molar-refractivity contribution in [2.45, 2.75) is 124 Å². The van der Waals surface area contributed by atoms with E-state index in [0.29, 0.717) is 0 Å². The molecule has 230 valence electrons. The van der Waals surface area contributed by atoms with E-state index < -0.39 is 0 Å². The Morgan fingerprint density at radius 1 is 0.512 bits per heavy atom. The van der Waals surface area contributed by atoms with Crippen LogP contribution >= 0.6 is 0 Å². The van der Waals surface area contributed by atoms with Gasteiger partial charge in [-0.3, -0.25) is 0 Å². The summed E-state index contributed by atoms with van der Waals surface area (Å²) in [5.41, 5.74) is 2.21. The zero-order valence-electron chi connectivity index (χ0n) is 26.6. The van der Waals surface area contributed by atoms with Crippen LogP contribution < -0.4 is 9.47 Å². The van der Waals surface area contributed by atoms with Gasteiger partial charge in [-0.25, -0.2) is 0 Å². The van der Waals surface area contributed by atoms with Crippen molar-refractivity contribution in [3.05, 3.63) is 72.8 Å². The van der Waals surface area contributed by atoms with Gasteiger partial charge in [-0.05, 0) is 61.1 Å². The van der Waals surface area contributed by atoms with Gasteiger partial charge in [0.1, 0.15) is 11.5 Å². The third kappa shape index (κ3) is 18.5. The van der Waals surface area contributed by atoms with Gasteiger partial charge in [-0.1, -0.05) is 122 Å². The molecule has 0 fully saturated rings. The molecule has 0 saturated carbocycles. The fraction of sp³-hybridized carbons (Fsp3) is 0.568. The van der Waals surface area contributed by atoms with Gasteiger partial charge < -0.3 is 18.9 Å². The second-order valence-electron chi connectivity index (χ2n) is 10.4. The Morgan fingerprint density at radius 3 is 1.24 bits per heavy atom. The molecule has 0 N–H and O–H groups in total. The molecular weight excluding hydrogens is 508 g/mol. The highest BCUT2D eigenvalue weighted by Gasteiger charge is 2.11. The quantitative estimate of drug-likeness (QED) is 0.0990. The van der Waals surface area contributed by atoms with Gasteiger partial charge >= 0.3 is 0 Å². The van der Waals surface area contributed by atoms with Gasteiger partial charge in [0.2, 0.25) is 0 Å². The highest BCUT2D eigenvalue weighted by atomic mass is 16.7. The van der Waals surface area contributed by atoms with Gasteiger partial charge in [0.05, 0.1) is 13.2 Å². The number of rotatable bonds is 23. The first-order valence-corrected chi connectivity index (χ1v) is 16.1. The average Bonchev–Trinajstić information content (AvgIpc) is 3.01. The molecule has 41 heavy (non-hydrogen) atoms. The molecule has 2 unspecified atom stereocenters. The molecule has 4 heteroatoms. The molecule has 2 atom stereocenters. The normalized spacial score (nSPS) is 12.1. The topological polar surface area (TPSA) is 36.9 Å². The fourth-order valence-corrected chi connectivity index (χ4v) is 4.07. The lowest BCUT2D eigenvalue weighted by Crippen LogP contribution is -2.21. The molecule has 2 aromatic carbocycles. The van der Waals surface area contributed by atoms with E-state index in [1.165, 1.54) is 32.1 Å². The Hall–Kier alpha value is -2.56. The van der Waals surface area contributed by atoms with E-state index in [9.17, 15) is 0 Å². The van der Waals surface area contributed by atoms with Crippen LogP contribution in [-0.4, -0.2) is 25.8 Å². The second-order valence-corrected chi connectivity index (χ2v) is 10.4.